The minimum absolute atomic E-state index is 0.00322. The Labute approximate surface area is 214 Å². The van der Waals surface area contributed by atoms with Crippen LogP contribution in [0.25, 0.3) is 11.1 Å². The van der Waals surface area contributed by atoms with Crippen molar-refractivity contribution in [2.45, 2.75) is 13.2 Å². The van der Waals surface area contributed by atoms with E-state index in [0.29, 0.717) is 0 Å². The van der Waals surface area contributed by atoms with Gasteiger partial charge in [0.25, 0.3) is 0 Å². The van der Waals surface area contributed by atoms with E-state index in [1.165, 1.54) is 18.2 Å². The average molecular weight is 557 g/mol. The van der Waals surface area contributed by atoms with Crippen LogP contribution in [0.1, 0.15) is 11.1 Å². The molecule has 39 heavy (non-hydrogen) atoms. The zero-order valence-electron chi connectivity index (χ0n) is 19.3. The van der Waals surface area contributed by atoms with E-state index in [4.69, 9.17) is 15.2 Å². The molecule has 5 nitrogen and oxygen atoms in total. The maximum atomic E-state index is 14.2. The van der Waals surface area contributed by atoms with Crippen LogP contribution in [0.4, 0.5) is 40.8 Å². The minimum Gasteiger partial charge on any atom is -0.504 e. The molecule has 4 N–H and O–H groups in total. The number of phenolic OH excluding ortho intramolecular Hbond substituents is 2. The lowest BCUT2D eigenvalue weighted by Gasteiger charge is -2.17. The van der Waals surface area contributed by atoms with E-state index in [9.17, 15) is 45.3 Å². The number of benzene rings is 4. The molecule has 0 bridgehead atoms. The molecular formula is C26H15F8NO4. The Balaban J connectivity index is 1.74. The number of phenols is 2. The van der Waals surface area contributed by atoms with Gasteiger partial charge in [-0.05, 0) is 24.3 Å². The second-order valence-electron chi connectivity index (χ2n) is 8.03. The number of hydrogen-bond acceptors (Lipinski definition) is 5. The molecule has 0 aliphatic rings. The molecule has 0 fully saturated rings. The molecule has 0 heterocycles. The maximum Gasteiger partial charge on any atom is 0.181 e. The Morgan fingerprint density at radius 1 is 0.564 bits per heavy atom. The van der Waals surface area contributed by atoms with Crippen LogP contribution in [0.3, 0.4) is 0 Å². The molecule has 0 amide bonds. The molecular weight excluding hydrogens is 542 g/mol. The molecule has 0 aromatic heterocycles. The van der Waals surface area contributed by atoms with Gasteiger partial charge in [0.2, 0.25) is 0 Å². The van der Waals surface area contributed by atoms with Gasteiger partial charge in [0, 0.05) is 29.3 Å². The fourth-order valence-electron chi connectivity index (χ4n) is 3.55. The van der Waals surface area contributed by atoms with E-state index in [0.717, 1.165) is 12.1 Å². The summed E-state index contributed by atoms with van der Waals surface area (Å²) in [5, 5.41) is 20.3. The highest BCUT2D eigenvalue weighted by Gasteiger charge is 2.23. The van der Waals surface area contributed by atoms with Gasteiger partial charge in [-0.1, -0.05) is 0 Å². The number of nitrogens with two attached hydrogens (primary N) is 1. The SMILES string of the molecule is Nc1ccc(-c2ccc(OCc3c(F)c(F)cc(F)c3F)cc2OCc2c(F)c(F)cc(F)c2F)c(O)c1O. The van der Waals surface area contributed by atoms with Crippen LogP contribution in [0.5, 0.6) is 23.0 Å². The Bertz CT molecular complexity index is 1540. The number of ether oxygens (including phenoxy) is 2. The van der Waals surface area contributed by atoms with Crippen molar-refractivity contribution in [3.05, 3.63) is 100 Å². The molecule has 0 saturated heterocycles. The van der Waals surface area contributed by atoms with Crippen molar-refractivity contribution in [2.75, 3.05) is 5.73 Å². The van der Waals surface area contributed by atoms with Crippen molar-refractivity contribution >= 4 is 5.69 Å². The smallest absolute Gasteiger partial charge is 0.181 e. The average Bonchev–Trinajstić information content (AvgIpc) is 2.90. The third-order valence-electron chi connectivity index (χ3n) is 5.59. The lowest BCUT2D eigenvalue weighted by Crippen LogP contribution is -2.08. The second kappa shape index (κ2) is 10.6. The van der Waals surface area contributed by atoms with Crippen molar-refractivity contribution in [3.63, 3.8) is 0 Å². The number of halogens is 8. The molecule has 13 heteroatoms. The predicted octanol–water partition coefficient (Wildman–Crippen LogP) is 6.62. The number of anilines is 1. The molecule has 0 spiro atoms. The van der Waals surface area contributed by atoms with E-state index in [2.05, 4.69) is 0 Å². The van der Waals surface area contributed by atoms with Gasteiger partial charge in [-0.15, -0.1) is 0 Å². The summed E-state index contributed by atoms with van der Waals surface area (Å²) in [5.74, 6) is -15.7. The van der Waals surface area contributed by atoms with Gasteiger partial charge in [0.05, 0.1) is 16.8 Å². The van der Waals surface area contributed by atoms with Crippen molar-refractivity contribution < 1.29 is 54.8 Å². The molecule has 0 saturated carbocycles. The van der Waals surface area contributed by atoms with Gasteiger partial charge in [-0.3, -0.25) is 0 Å². The first kappa shape index (κ1) is 27.4. The molecule has 0 unspecified atom stereocenters. The van der Waals surface area contributed by atoms with Crippen molar-refractivity contribution in [2.24, 2.45) is 0 Å². The minimum atomic E-state index is -1.74. The molecule has 204 valence electrons. The first-order valence-corrected chi connectivity index (χ1v) is 10.7. The van der Waals surface area contributed by atoms with Crippen molar-refractivity contribution in [1.29, 1.82) is 0 Å². The maximum absolute atomic E-state index is 14.2. The summed E-state index contributed by atoms with van der Waals surface area (Å²) in [6.07, 6.45) is 0. The zero-order valence-corrected chi connectivity index (χ0v) is 19.3. The zero-order chi connectivity index (χ0) is 28.6. The van der Waals surface area contributed by atoms with Crippen LogP contribution in [-0.4, -0.2) is 10.2 Å². The normalized spacial score (nSPS) is 11.1. The van der Waals surface area contributed by atoms with Crippen LogP contribution in [-0.2, 0) is 13.2 Å². The predicted molar refractivity (Wildman–Crippen MR) is 121 cm³/mol. The molecule has 0 radical (unpaired) electrons. The number of rotatable bonds is 7. The summed E-state index contributed by atoms with van der Waals surface area (Å²) in [5.41, 5.74) is 2.92. The van der Waals surface area contributed by atoms with E-state index in [1.54, 1.807) is 0 Å². The lowest BCUT2D eigenvalue weighted by atomic mass is 10.0. The van der Waals surface area contributed by atoms with Crippen LogP contribution in [0.15, 0.2) is 42.5 Å². The van der Waals surface area contributed by atoms with Crippen LogP contribution in [0, 0.1) is 46.5 Å². The van der Waals surface area contributed by atoms with Gasteiger partial charge in [0.15, 0.2) is 58.0 Å². The Morgan fingerprint density at radius 3 is 1.54 bits per heavy atom. The van der Waals surface area contributed by atoms with Gasteiger partial charge < -0.3 is 25.4 Å². The van der Waals surface area contributed by atoms with E-state index in [1.807, 2.05) is 0 Å². The van der Waals surface area contributed by atoms with Crippen molar-refractivity contribution in [3.8, 4) is 34.1 Å². The summed E-state index contributed by atoms with van der Waals surface area (Å²) in [6.45, 7) is -2.11. The third-order valence-corrected chi connectivity index (χ3v) is 5.59. The number of nitrogen functional groups attached to an aromatic ring is 1. The highest BCUT2D eigenvalue weighted by Crippen LogP contribution is 2.44. The summed E-state index contributed by atoms with van der Waals surface area (Å²) in [7, 11) is 0. The summed E-state index contributed by atoms with van der Waals surface area (Å²) in [6, 6.07) is 5.75. The molecule has 4 aromatic carbocycles. The summed E-state index contributed by atoms with van der Waals surface area (Å²) < 4.78 is 121. The Kier molecular flexibility index (Phi) is 7.43. The van der Waals surface area contributed by atoms with Crippen LogP contribution < -0.4 is 15.2 Å². The largest absolute Gasteiger partial charge is 0.504 e. The monoisotopic (exact) mass is 557 g/mol. The molecule has 0 aliphatic heterocycles. The highest BCUT2D eigenvalue weighted by atomic mass is 19.2. The van der Waals surface area contributed by atoms with Gasteiger partial charge in [-0.2, -0.15) is 0 Å². The fraction of sp³-hybridized carbons (Fsp3) is 0.0769. The molecule has 4 aromatic rings. The summed E-state index contributed by atoms with van der Waals surface area (Å²) >= 11 is 0. The molecule has 0 atom stereocenters. The molecule has 4 rings (SSSR count). The van der Waals surface area contributed by atoms with Crippen molar-refractivity contribution in [1.82, 2.24) is 0 Å². The number of aromatic hydroxyl groups is 2. The highest BCUT2D eigenvalue weighted by molar-refractivity contribution is 5.81. The third kappa shape index (κ3) is 5.19. The van der Waals surface area contributed by atoms with Gasteiger partial charge >= 0.3 is 0 Å². The standard InChI is InChI=1S/C26H15F8NO4/c27-15-6-16(28)22(32)13(21(15)31)8-38-10-1-2-11(12-3-4-19(35)26(37)25(12)36)20(5-10)39-9-14-23(33)17(29)7-18(30)24(14)34/h1-7,36-37H,8-9,35H2. The van der Waals surface area contributed by atoms with Gasteiger partial charge in [-0.25, -0.2) is 35.1 Å². The Morgan fingerprint density at radius 2 is 1.03 bits per heavy atom. The first-order valence-electron chi connectivity index (χ1n) is 10.7. The summed E-state index contributed by atoms with van der Waals surface area (Å²) in [4.78, 5) is 0. The van der Waals surface area contributed by atoms with E-state index >= 15 is 0 Å². The topological polar surface area (TPSA) is 84.9 Å². The quantitative estimate of drug-likeness (QED) is 0.103. The van der Waals surface area contributed by atoms with Crippen LogP contribution >= 0.6 is 0 Å². The number of hydrogen-bond donors (Lipinski definition) is 3. The Hall–Kier alpha value is -4.68. The van der Waals surface area contributed by atoms with Gasteiger partial charge in [0.1, 0.15) is 24.7 Å². The first-order chi connectivity index (χ1) is 18.4. The van der Waals surface area contributed by atoms with E-state index < -0.39 is 82.4 Å². The second-order valence-corrected chi connectivity index (χ2v) is 8.03. The lowest BCUT2D eigenvalue weighted by molar-refractivity contribution is 0.272. The van der Waals surface area contributed by atoms with E-state index in [-0.39, 0.29) is 40.4 Å². The molecule has 0 aliphatic carbocycles. The van der Waals surface area contributed by atoms with Crippen LogP contribution in [0.2, 0.25) is 0 Å². The fourth-order valence-corrected chi connectivity index (χ4v) is 3.55.